The number of carbonyl (C=O) groups is 1. The minimum absolute atomic E-state index is 0.0360. The monoisotopic (exact) mass is 242 g/mol. The van der Waals surface area contributed by atoms with Gasteiger partial charge in [0.1, 0.15) is 5.75 Å². The molecule has 2 heteroatoms. The van der Waals surface area contributed by atoms with Gasteiger partial charge in [0, 0.05) is 5.56 Å². The largest absolute Gasteiger partial charge is 0.507 e. The number of phenolic OH excluding ortho intramolecular Hbond substituents is 1. The van der Waals surface area contributed by atoms with Crippen molar-refractivity contribution in [2.24, 2.45) is 0 Å². The lowest BCUT2D eigenvalue weighted by atomic mass is 10.0. The maximum absolute atomic E-state index is 12.0. The minimum Gasteiger partial charge on any atom is -0.507 e. The Bertz CT molecular complexity index is 516. The SMILES string of the molecule is CC.Cc1ccc(C(=O)c2ccccc2)c(O)c1. The summed E-state index contributed by atoms with van der Waals surface area (Å²) < 4.78 is 0. The molecule has 0 aliphatic carbocycles. The topological polar surface area (TPSA) is 37.3 Å². The van der Waals surface area contributed by atoms with Gasteiger partial charge in [0.15, 0.2) is 5.78 Å². The first-order chi connectivity index (χ1) is 8.68. The van der Waals surface area contributed by atoms with Crippen molar-refractivity contribution in [2.75, 3.05) is 0 Å². The molecule has 0 heterocycles. The molecule has 0 aliphatic heterocycles. The molecule has 0 unspecified atom stereocenters. The molecule has 0 fully saturated rings. The van der Waals surface area contributed by atoms with Gasteiger partial charge in [0.25, 0.3) is 0 Å². The Morgan fingerprint density at radius 3 is 2.17 bits per heavy atom. The Morgan fingerprint density at radius 2 is 1.61 bits per heavy atom. The quantitative estimate of drug-likeness (QED) is 0.809. The summed E-state index contributed by atoms with van der Waals surface area (Å²) in [6.45, 7) is 5.87. The van der Waals surface area contributed by atoms with E-state index in [1.54, 1.807) is 36.4 Å². The van der Waals surface area contributed by atoms with Crippen LogP contribution in [-0.2, 0) is 0 Å². The first-order valence-corrected chi connectivity index (χ1v) is 6.08. The third-order valence-corrected chi connectivity index (χ3v) is 2.43. The van der Waals surface area contributed by atoms with E-state index < -0.39 is 0 Å². The zero-order valence-electron chi connectivity index (χ0n) is 11.0. The predicted molar refractivity (Wildman–Crippen MR) is 74.1 cm³/mol. The van der Waals surface area contributed by atoms with Gasteiger partial charge in [-0.2, -0.15) is 0 Å². The van der Waals surface area contributed by atoms with Crippen molar-refractivity contribution in [1.82, 2.24) is 0 Å². The van der Waals surface area contributed by atoms with E-state index in [1.807, 2.05) is 32.9 Å². The summed E-state index contributed by atoms with van der Waals surface area (Å²) in [5.74, 6) is -0.119. The van der Waals surface area contributed by atoms with Crippen LogP contribution in [0.3, 0.4) is 0 Å². The molecule has 0 radical (unpaired) electrons. The Labute approximate surface area is 108 Å². The molecule has 18 heavy (non-hydrogen) atoms. The first-order valence-electron chi connectivity index (χ1n) is 6.08. The van der Waals surface area contributed by atoms with E-state index in [4.69, 9.17) is 0 Å². The highest BCUT2D eigenvalue weighted by Crippen LogP contribution is 2.21. The number of phenols is 1. The second kappa shape index (κ2) is 6.60. The first kappa shape index (κ1) is 14.0. The second-order valence-corrected chi connectivity index (χ2v) is 3.72. The van der Waals surface area contributed by atoms with Crippen LogP contribution in [0.1, 0.15) is 35.3 Å². The Morgan fingerprint density at radius 1 is 1.00 bits per heavy atom. The number of rotatable bonds is 2. The second-order valence-electron chi connectivity index (χ2n) is 3.72. The number of aryl methyl sites for hydroxylation is 1. The van der Waals surface area contributed by atoms with Crippen molar-refractivity contribution in [3.63, 3.8) is 0 Å². The molecular weight excluding hydrogens is 224 g/mol. The molecule has 0 aromatic heterocycles. The molecule has 2 aromatic carbocycles. The highest BCUT2D eigenvalue weighted by atomic mass is 16.3. The van der Waals surface area contributed by atoms with Crippen LogP contribution in [0.5, 0.6) is 5.75 Å². The number of carbonyl (C=O) groups excluding carboxylic acids is 1. The lowest BCUT2D eigenvalue weighted by molar-refractivity contribution is 0.103. The van der Waals surface area contributed by atoms with E-state index in [-0.39, 0.29) is 11.5 Å². The fraction of sp³-hybridized carbons (Fsp3) is 0.188. The highest BCUT2D eigenvalue weighted by Gasteiger charge is 2.12. The van der Waals surface area contributed by atoms with Crippen LogP contribution in [-0.4, -0.2) is 10.9 Å². The normalized spacial score (nSPS) is 9.28. The molecule has 2 aromatic rings. The summed E-state index contributed by atoms with van der Waals surface area (Å²) in [5.41, 5.74) is 1.86. The number of aromatic hydroxyl groups is 1. The van der Waals surface area contributed by atoms with Crippen LogP contribution >= 0.6 is 0 Å². The van der Waals surface area contributed by atoms with Crippen LogP contribution in [0.4, 0.5) is 0 Å². The molecule has 0 atom stereocenters. The molecular formula is C16H18O2. The highest BCUT2D eigenvalue weighted by molar-refractivity contribution is 6.10. The third kappa shape index (κ3) is 3.20. The van der Waals surface area contributed by atoms with Gasteiger partial charge >= 0.3 is 0 Å². The molecule has 2 rings (SSSR count). The van der Waals surface area contributed by atoms with Crippen molar-refractivity contribution >= 4 is 5.78 Å². The smallest absolute Gasteiger partial charge is 0.196 e. The van der Waals surface area contributed by atoms with Crippen LogP contribution in [0.2, 0.25) is 0 Å². The third-order valence-electron chi connectivity index (χ3n) is 2.43. The standard InChI is InChI=1S/C14H12O2.C2H6/c1-10-7-8-12(13(15)9-10)14(16)11-5-3-2-4-6-11;1-2/h2-9,15H,1H3;1-2H3. The van der Waals surface area contributed by atoms with E-state index in [0.29, 0.717) is 11.1 Å². The molecule has 0 bridgehead atoms. The van der Waals surface area contributed by atoms with E-state index in [2.05, 4.69) is 0 Å². The molecule has 0 aliphatic rings. The van der Waals surface area contributed by atoms with Gasteiger partial charge in [-0.25, -0.2) is 0 Å². The average molecular weight is 242 g/mol. The lowest BCUT2D eigenvalue weighted by Gasteiger charge is -2.04. The summed E-state index contributed by atoms with van der Waals surface area (Å²) >= 11 is 0. The fourth-order valence-corrected chi connectivity index (χ4v) is 1.58. The van der Waals surface area contributed by atoms with Crippen LogP contribution in [0.15, 0.2) is 48.5 Å². The van der Waals surface area contributed by atoms with Gasteiger partial charge in [-0.3, -0.25) is 4.79 Å². The van der Waals surface area contributed by atoms with Gasteiger partial charge in [-0.15, -0.1) is 0 Å². The minimum atomic E-state index is -0.155. The lowest BCUT2D eigenvalue weighted by Crippen LogP contribution is -2.01. The zero-order valence-corrected chi connectivity index (χ0v) is 11.0. The maximum Gasteiger partial charge on any atom is 0.196 e. The van der Waals surface area contributed by atoms with Crippen molar-refractivity contribution in [2.45, 2.75) is 20.8 Å². The predicted octanol–water partition coefficient (Wildman–Crippen LogP) is 3.96. The van der Waals surface area contributed by atoms with Crippen LogP contribution in [0.25, 0.3) is 0 Å². The Kier molecular flexibility index (Phi) is 5.12. The van der Waals surface area contributed by atoms with Gasteiger partial charge in [0.05, 0.1) is 5.56 Å². The fourth-order valence-electron chi connectivity index (χ4n) is 1.58. The molecule has 2 nitrogen and oxygen atoms in total. The van der Waals surface area contributed by atoms with Gasteiger partial charge in [-0.05, 0) is 24.6 Å². The number of benzene rings is 2. The summed E-state index contributed by atoms with van der Waals surface area (Å²) in [7, 11) is 0. The maximum atomic E-state index is 12.0. The average Bonchev–Trinajstić information content (AvgIpc) is 2.41. The zero-order chi connectivity index (χ0) is 13.5. The van der Waals surface area contributed by atoms with Crippen molar-refractivity contribution in [3.05, 3.63) is 65.2 Å². The van der Waals surface area contributed by atoms with Crippen LogP contribution in [0, 0.1) is 6.92 Å². The molecule has 1 N–H and O–H groups in total. The summed E-state index contributed by atoms with van der Waals surface area (Å²) in [5, 5.41) is 9.70. The Balaban J connectivity index is 0.000000771. The van der Waals surface area contributed by atoms with Gasteiger partial charge in [-0.1, -0.05) is 50.2 Å². The molecule has 0 amide bonds. The van der Waals surface area contributed by atoms with E-state index in [1.165, 1.54) is 0 Å². The molecule has 0 spiro atoms. The molecule has 0 saturated heterocycles. The summed E-state index contributed by atoms with van der Waals surface area (Å²) in [6.07, 6.45) is 0. The van der Waals surface area contributed by atoms with Gasteiger partial charge < -0.3 is 5.11 Å². The van der Waals surface area contributed by atoms with E-state index in [9.17, 15) is 9.90 Å². The molecule has 0 saturated carbocycles. The molecule has 94 valence electrons. The van der Waals surface area contributed by atoms with Crippen molar-refractivity contribution in [3.8, 4) is 5.75 Å². The summed E-state index contributed by atoms with van der Waals surface area (Å²) in [4.78, 5) is 12.0. The van der Waals surface area contributed by atoms with Crippen molar-refractivity contribution in [1.29, 1.82) is 0 Å². The number of ketones is 1. The van der Waals surface area contributed by atoms with Crippen molar-refractivity contribution < 1.29 is 9.90 Å². The van der Waals surface area contributed by atoms with Crippen LogP contribution < -0.4 is 0 Å². The summed E-state index contributed by atoms with van der Waals surface area (Å²) in [6, 6.07) is 14.0. The van der Waals surface area contributed by atoms with E-state index >= 15 is 0 Å². The van der Waals surface area contributed by atoms with E-state index in [0.717, 1.165) is 5.56 Å². The number of hydrogen-bond acceptors (Lipinski definition) is 2. The Hall–Kier alpha value is -2.09. The number of hydrogen-bond donors (Lipinski definition) is 1. The van der Waals surface area contributed by atoms with Gasteiger partial charge in [0.2, 0.25) is 0 Å².